The van der Waals surface area contributed by atoms with Crippen molar-refractivity contribution in [3.8, 4) is 0 Å². The first kappa shape index (κ1) is 10.8. The van der Waals surface area contributed by atoms with Crippen molar-refractivity contribution >= 4 is 11.3 Å². The second kappa shape index (κ2) is 4.80. The molecule has 0 nitrogen and oxygen atoms in total. The molecule has 0 fully saturated rings. The first-order chi connectivity index (χ1) is 6.20. The topological polar surface area (TPSA) is 0 Å². The van der Waals surface area contributed by atoms with Crippen LogP contribution in [0.4, 0.5) is 0 Å². The zero-order valence-corrected chi connectivity index (χ0v) is 9.79. The van der Waals surface area contributed by atoms with E-state index in [9.17, 15) is 0 Å². The van der Waals surface area contributed by atoms with Crippen molar-refractivity contribution in [3.05, 3.63) is 22.4 Å². The van der Waals surface area contributed by atoms with Crippen LogP contribution in [-0.2, 0) is 6.42 Å². The summed E-state index contributed by atoms with van der Waals surface area (Å²) >= 11 is 1.89. The van der Waals surface area contributed by atoms with Crippen LogP contribution >= 0.6 is 11.3 Å². The Morgan fingerprint density at radius 2 is 2.15 bits per heavy atom. The molecule has 0 aliphatic rings. The van der Waals surface area contributed by atoms with E-state index in [1.54, 1.807) is 0 Å². The molecule has 0 saturated heterocycles. The molecule has 0 saturated carbocycles. The van der Waals surface area contributed by atoms with E-state index in [2.05, 4.69) is 38.3 Å². The molecule has 74 valence electrons. The zero-order chi connectivity index (χ0) is 9.73. The average molecular weight is 196 g/mol. The molecule has 0 radical (unpaired) electrons. The maximum atomic E-state index is 2.41. The number of hydrogen-bond donors (Lipinski definition) is 0. The van der Waals surface area contributed by atoms with Crippen LogP contribution in [-0.4, -0.2) is 0 Å². The fourth-order valence-electron chi connectivity index (χ4n) is 1.83. The highest BCUT2D eigenvalue weighted by atomic mass is 32.1. The normalized spacial score (nSPS) is 15.6. The van der Waals surface area contributed by atoms with E-state index in [-0.39, 0.29) is 0 Å². The molecule has 0 aliphatic heterocycles. The lowest BCUT2D eigenvalue weighted by Gasteiger charge is -2.27. The highest BCUT2D eigenvalue weighted by molar-refractivity contribution is 7.09. The van der Waals surface area contributed by atoms with Crippen molar-refractivity contribution in [2.45, 2.75) is 46.5 Å². The molecule has 0 amide bonds. The van der Waals surface area contributed by atoms with E-state index in [4.69, 9.17) is 0 Å². The fraction of sp³-hybridized carbons (Fsp3) is 0.667. The van der Waals surface area contributed by atoms with Crippen LogP contribution in [0.15, 0.2) is 17.5 Å². The Kier molecular flexibility index (Phi) is 3.98. The second-order valence-electron chi connectivity index (χ2n) is 4.17. The quantitative estimate of drug-likeness (QED) is 0.650. The van der Waals surface area contributed by atoms with Gasteiger partial charge in [0.15, 0.2) is 0 Å². The molecular weight excluding hydrogens is 176 g/mol. The van der Waals surface area contributed by atoms with E-state index >= 15 is 0 Å². The molecule has 0 N–H and O–H groups in total. The number of thiophene rings is 1. The predicted molar refractivity (Wildman–Crippen MR) is 61.3 cm³/mol. The van der Waals surface area contributed by atoms with Gasteiger partial charge in [0, 0.05) is 4.88 Å². The molecule has 1 aromatic rings. The lowest BCUT2D eigenvalue weighted by Crippen LogP contribution is -2.17. The van der Waals surface area contributed by atoms with Gasteiger partial charge >= 0.3 is 0 Å². The molecule has 1 aromatic heterocycles. The van der Waals surface area contributed by atoms with Crippen LogP contribution in [0.3, 0.4) is 0 Å². The van der Waals surface area contributed by atoms with Gasteiger partial charge in [-0.1, -0.05) is 39.7 Å². The zero-order valence-electron chi connectivity index (χ0n) is 8.97. The second-order valence-corrected chi connectivity index (χ2v) is 5.20. The molecular formula is C12H20S. The molecule has 0 spiro atoms. The Bertz CT molecular complexity index is 225. The molecule has 0 bridgehead atoms. The molecule has 1 heterocycles. The monoisotopic (exact) mass is 196 g/mol. The van der Waals surface area contributed by atoms with Gasteiger partial charge in [0.05, 0.1) is 0 Å². The van der Waals surface area contributed by atoms with Gasteiger partial charge in [-0.25, -0.2) is 0 Å². The van der Waals surface area contributed by atoms with Crippen molar-refractivity contribution in [1.82, 2.24) is 0 Å². The molecule has 0 aliphatic carbocycles. The van der Waals surface area contributed by atoms with Crippen molar-refractivity contribution < 1.29 is 0 Å². The molecule has 1 atom stereocenters. The van der Waals surface area contributed by atoms with E-state index in [0.29, 0.717) is 5.41 Å². The van der Waals surface area contributed by atoms with Gasteiger partial charge < -0.3 is 0 Å². The summed E-state index contributed by atoms with van der Waals surface area (Å²) in [6.45, 7) is 7.00. The van der Waals surface area contributed by atoms with Gasteiger partial charge in [0.1, 0.15) is 0 Å². The Balaban J connectivity index is 2.58. The van der Waals surface area contributed by atoms with Crippen LogP contribution in [0.2, 0.25) is 0 Å². The van der Waals surface area contributed by atoms with Crippen molar-refractivity contribution in [2.75, 3.05) is 0 Å². The van der Waals surface area contributed by atoms with Gasteiger partial charge in [-0.05, 0) is 29.7 Å². The highest BCUT2D eigenvalue weighted by Gasteiger charge is 2.21. The lowest BCUT2D eigenvalue weighted by atomic mass is 9.79. The fourth-order valence-corrected chi connectivity index (χ4v) is 2.75. The van der Waals surface area contributed by atoms with Crippen LogP contribution in [0.5, 0.6) is 0 Å². The van der Waals surface area contributed by atoms with E-state index < -0.39 is 0 Å². The summed E-state index contributed by atoms with van der Waals surface area (Å²) in [4.78, 5) is 1.54. The van der Waals surface area contributed by atoms with Crippen LogP contribution < -0.4 is 0 Å². The summed E-state index contributed by atoms with van der Waals surface area (Å²) in [7, 11) is 0. The minimum Gasteiger partial charge on any atom is -0.149 e. The first-order valence-corrected chi connectivity index (χ1v) is 6.10. The molecule has 1 unspecified atom stereocenters. The Labute approximate surface area is 86.0 Å². The average Bonchev–Trinajstić information content (AvgIpc) is 2.57. The number of hydrogen-bond acceptors (Lipinski definition) is 1. The van der Waals surface area contributed by atoms with Crippen LogP contribution in [0.25, 0.3) is 0 Å². The van der Waals surface area contributed by atoms with Crippen LogP contribution in [0.1, 0.15) is 44.9 Å². The summed E-state index contributed by atoms with van der Waals surface area (Å²) in [6, 6.07) is 4.41. The van der Waals surface area contributed by atoms with Crippen molar-refractivity contribution in [1.29, 1.82) is 0 Å². The third kappa shape index (κ3) is 3.15. The van der Waals surface area contributed by atoms with Gasteiger partial charge in [-0.3, -0.25) is 0 Å². The maximum absolute atomic E-state index is 2.41. The minimum atomic E-state index is 0.527. The van der Waals surface area contributed by atoms with E-state index in [1.807, 2.05) is 11.3 Å². The molecule has 1 heteroatoms. The Morgan fingerprint density at radius 3 is 2.62 bits per heavy atom. The largest absolute Gasteiger partial charge is 0.149 e. The van der Waals surface area contributed by atoms with Gasteiger partial charge in [-0.2, -0.15) is 0 Å². The summed E-state index contributed by atoms with van der Waals surface area (Å²) in [5.74, 6) is 0. The van der Waals surface area contributed by atoms with Gasteiger partial charge in [0.25, 0.3) is 0 Å². The highest BCUT2D eigenvalue weighted by Crippen LogP contribution is 2.32. The summed E-state index contributed by atoms with van der Waals surface area (Å²) in [6.07, 6.45) is 5.20. The summed E-state index contributed by atoms with van der Waals surface area (Å²) in [5.41, 5.74) is 0.527. The summed E-state index contributed by atoms with van der Waals surface area (Å²) in [5, 5.41) is 2.18. The standard InChI is InChI=1S/C12H20S/c1-4-8-12(3,5-2)10-11-7-6-9-13-11/h6-7,9H,4-5,8,10H2,1-3H3. The maximum Gasteiger partial charge on any atom is 0.00506 e. The molecule has 1 rings (SSSR count). The molecule has 13 heavy (non-hydrogen) atoms. The SMILES string of the molecule is CCCC(C)(CC)Cc1cccs1. The van der Waals surface area contributed by atoms with Gasteiger partial charge in [-0.15, -0.1) is 11.3 Å². The van der Waals surface area contributed by atoms with Gasteiger partial charge in [0.2, 0.25) is 0 Å². The lowest BCUT2D eigenvalue weighted by molar-refractivity contribution is 0.281. The van der Waals surface area contributed by atoms with E-state index in [1.165, 1.54) is 30.6 Å². The van der Waals surface area contributed by atoms with Crippen LogP contribution in [0, 0.1) is 5.41 Å². The van der Waals surface area contributed by atoms with Crippen molar-refractivity contribution in [3.63, 3.8) is 0 Å². The Morgan fingerprint density at radius 1 is 1.38 bits per heavy atom. The summed E-state index contributed by atoms with van der Waals surface area (Å²) < 4.78 is 0. The minimum absolute atomic E-state index is 0.527. The van der Waals surface area contributed by atoms with E-state index in [0.717, 1.165) is 0 Å². The number of rotatable bonds is 5. The first-order valence-electron chi connectivity index (χ1n) is 5.22. The van der Waals surface area contributed by atoms with Crippen molar-refractivity contribution in [2.24, 2.45) is 5.41 Å². The third-order valence-electron chi connectivity index (χ3n) is 2.89. The smallest absolute Gasteiger partial charge is 0.00506 e. The third-order valence-corrected chi connectivity index (χ3v) is 3.76. The predicted octanol–water partition coefficient (Wildman–Crippen LogP) is 4.51. The Hall–Kier alpha value is -0.300. The molecule has 0 aromatic carbocycles.